The molecule has 1 amide bonds. The first kappa shape index (κ1) is 21.9. The van der Waals surface area contributed by atoms with Gasteiger partial charge in [0.1, 0.15) is 17.9 Å². The molecule has 0 radical (unpaired) electrons. The molecular formula is C22H29N5O3S. The maximum atomic E-state index is 12.5. The first-order chi connectivity index (χ1) is 14.8. The van der Waals surface area contributed by atoms with E-state index < -0.39 is 5.60 Å². The van der Waals surface area contributed by atoms with Crippen LogP contribution in [0.1, 0.15) is 31.7 Å². The van der Waals surface area contributed by atoms with E-state index in [0.29, 0.717) is 29.7 Å². The predicted octanol–water partition coefficient (Wildman–Crippen LogP) is 1.94. The molecule has 0 saturated carbocycles. The molecular weight excluding hydrogens is 414 g/mol. The Morgan fingerprint density at radius 1 is 1.26 bits per heavy atom. The largest absolute Gasteiger partial charge is 0.389 e. The van der Waals surface area contributed by atoms with E-state index in [0.717, 1.165) is 41.1 Å². The van der Waals surface area contributed by atoms with Gasteiger partial charge in [-0.2, -0.15) is 11.8 Å². The van der Waals surface area contributed by atoms with E-state index in [-0.39, 0.29) is 24.9 Å². The van der Waals surface area contributed by atoms with Crippen molar-refractivity contribution in [2.45, 2.75) is 45.4 Å². The van der Waals surface area contributed by atoms with Crippen molar-refractivity contribution in [3.63, 3.8) is 0 Å². The highest BCUT2D eigenvalue weighted by atomic mass is 32.2. The number of hydrogen-bond donors (Lipinski definition) is 3. The molecule has 3 aromatic rings. The van der Waals surface area contributed by atoms with Gasteiger partial charge in [-0.05, 0) is 31.9 Å². The standard InChI is InChI=1S/C22H29N5O3S/c1-22(2,30)13-27-17(12-28)25-19-20(27)15-5-3-14(11-16(15)24-21(19)23)4-6-18(29)26-7-9-31-10-8-26/h3,5,11,28,30H,4,6-10,12-13H2,1-2H3,(H2,23,24). The topological polar surface area (TPSA) is 117 Å². The van der Waals surface area contributed by atoms with Gasteiger partial charge in [-0.15, -0.1) is 0 Å². The molecule has 0 bridgehead atoms. The molecule has 1 aromatic carbocycles. The lowest BCUT2D eigenvalue weighted by Crippen LogP contribution is -2.37. The molecule has 0 aliphatic carbocycles. The second-order valence-corrected chi connectivity index (χ2v) is 9.85. The molecule has 1 saturated heterocycles. The molecule has 1 aliphatic heterocycles. The van der Waals surface area contributed by atoms with Gasteiger partial charge in [-0.1, -0.05) is 12.1 Å². The number of imidazole rings is 1. The normalized spacial score (nSPS) is 15.2. The molecule has 0 unspecified atom stereocenters. The Bertz CT molecular complexity index is 1120. The number of thioether (sulfide) groups is 1. The molecule has 1 fully saturated rings. The van der Waals surface area contributed by atoms with Gasteiger partial charge < -0.3 is 25.4 Å². The van der Waals surface area contributed by atoms with E-state index in [4.69, 9.17) is 5.73 Å². The average Bonchev–Trinajstić information content (AvgIpc) is 3.10. The number of aromatic nitrogens is 3. The maximum absolute atomic E-state index is 12.5. The summed E-state index contributed by atoms with van der Waals surface area (Å²) in [5, 5.41) is 21.0. The summed E-state index contributed by atoms with van der Waals surface area (Å²) in [7, 11) is 0. The number of pyridine rings is 1. The Hall–Kier alpha value is -2.36. The van der Waals surface area contributed by atoms with Crippen molar-refractivity contribution in [2.24, 2.45) is 0 Å². The molecule has 8 nitrogen and oxygen atoms in total. The van der Waals surface area contributed by atoms with Crippen molar-refractivity contribution < 1.29 is 15.0 Å². The number of carbonyl (C=O) groups is 1. The maximum Gasteiger partial charge on any atom is 0.222 e. The summed E-state index contributed by atoms with van der Waals surface area (Å²) in [4.78, 5) is 23.4. The van der Waals surface area contributed by atoms with Gasteiger partial charge in [0.25, 0.3) is 0 Å². The van der Waals surface area contributed by atoms with Crippen LogP contribution in [-0.4, -0.2) is 65.8 Å². The van der Waals surface area contributed by atoms with Crippen molar-refractivity contribution in [1.82, 2.24) is 19.4 Å². The lowest BCUT2D eigenvalue weighted by atomic mass is 10.0. The molecule has 166 valence electrons. The van der Waals surface area contributed by atoms with Crippen molar-refractivity contribution in [3.05, 3.63) is 29.6 Å². The Kier molecular flexibility index (Phi) is 6.09. The number of anilines is 1. The highest BCUT2D eigenvalue weighted by molar-refractivity contribution is 7.99. The Morgan fingerprint density at radius 3 is 2.68 bits per heavy atom. The molecule has 1 aliphatic rings. The number of hydrogen-bond acceptors (Lipinski definition) is 7. The number of nitrogens with zero attached hydrogens (tertiary/aromatic N) is 4. The van der Waals surface area contributed by atoms with Gasteiger partial charge in [-0.25, -0.2) is 9.97 Å². The molecule has 0 spiro atoms. The molecule has 31 heavy (non-hydrogen) atoms. The van der Waals surface area contributed by atoms with Gasteiger partial charge in [0.15, 0.2) is 5.82 Å². The zero-order chi connectivity index (χ0) is 22.2. The number of aliphatic hydroxyl groups excluding tert-OH is 1. The lowest BCUT2D eigenvalue weighted by Gasteiger charge is -2.26. The third-order valence-corrected chi connectivity index (χ3v) is 6.47. The summed E-state index contributed by atoms with van der Waals surface area (Å²) in [6.45, 7) is 5.08. The van der Waals surface area contributed by atoms with E-state index in [9.17, 15) is 15.0 Å². The Morgan fingerprint density at radius 2 is 2.00 bits per heavy atom. The minimum Gasteiger partial charge on any atom is -0.389 e. The van der Waals surface area contributed by atoms with Gasteiger partial charge in [0, 0.05) is 36.4 Å². The fourth-order valence-electron chi connectivity index (χ4n) is 4.06. The number of aryl methyl sites for hydroxylation is 1. The van der Waals surface area contributed by atoms with Gasteiger partial charge in [0.2, 0.25) is 5.91 Å². The molecule has 4 rings (SSSR count). The van der Waals surface area contributed by atoms with Crippen LogP contribution in [0.3, 0.4) is 0 Å². The highest BCUT2D eigenvalue weighted by Crippen LogP contribution is 2.31. The van der Waals surface area contributed by atoms with E-state index >= 15 is 0 Å². The zero-order valence-electron chi connectivity index (χ0n) is 18.0. The summed E-state index contributed by atoms with van der Waals surface area (Å²) in [6, 6.07) is 5.93. The molecule has 2 aromatic heterocycles. The van der Waals surface area contributed by atoms with E-state index in [1.165, 1.54) is 0 Å². The van der Waals surface area contributed by atoms with Crippen LogP contribution in [-0.2, 0) is 24.4 Å². The average molecular weight is 444 g/mol. The second-order valence-electron chi connectivity index (χ2n) is 8.62. The van der Waals surface area contributed by atoms with Gasteiger partial charge in [-0.3, -0.25) is 4.79 Å². The fraction of sp³-hybridized carbons (Fsp3) is 0.500. The Balaban J connectivity index is 1.67. The third-order valence-electron chi connectivity index (χ3n) is 5.53. The van der Waals surface area contributed by atoms with E-state index in [1.807, 2.05) is 39.4 Å². The monoisotopic (exact) mass is 443 g/mol. The molecule has 0 atom stereocenters. The van der Waals surface area contributed by atoms with Gasteiger partial charge in [0.05, 0.1) is 23.2 Å². The first-order valence-corrected chi connectivity index (χ1v) is 11.7. The molecule has 3 heterocycles. The first-order valence-electron chi connectivity index (χ1n) is 10.5. The smallest absolute Gasteiger partial charge is 0.222 e. The van der Waals surface area contributed by atoms with E-state index in [2.05, 4.69) is 9.97 Å². The number of fused-ring (bicyclic) bond motifs is 3. The second kappa shape index (κ2) is 8.64. The lowest BCUT2D eigenvalue weighted by molar-refractivity contribution is -0.130. The predicted molar refractivity (Wildman–Crippen MR) is 124 cm³/mol. The van der Waals surface area contributed by atoms with Crippen LogP contribution >= 0.6 is 11.8 Å². The van der Waals surface area contributed by atoms with Crippen LogP contribution in [0.2, 0.25) is 0 Å². The van der Waals surface area contributed by atoms with Crippen LogP contribution in [0, 0.1) is 0 Å². The third kappa shape index (κ3) is 4.63. The Labute approximate surface area is 185 Å². The SMILES string of the molecule is CC(C)(O)Cn1c(CO)nc2c(N)nc3cc(CCC(=O)N4CCSCC4)ccc3c21. The summed E-state index contributed by atoms with van der Waals surface area (Å²) >= 11 is 1.89. The van der Waals surface area contributed by atoms with Gasteiger partial charge >= 0.3 is 0 Å². The van der Waals surface area contributed by atoms with Crippen molar-refractivity contribution in [1.29, 1.82) is 0 Å². The number of nitrogen functional groups attached to an aromatic ring is 1. The number of carbonyl (C=O) groups excluding carboxylic acids is 1. The minimum atomic E-state index is -0.991. The summed E-state index contributed by atoms with van der Waals surface area (Å²) in [5.74, 6) is 2.93. The summed E-state index contributed by atoms with van der Waals surface area (Å²) in [6.07, 6.45) is 1.11. The number of nitrogens with two attached hydrogens (primary N) is 1. The number of benzene rings is 1. The van der Waals surface area contributed by atoms with Crippen LogP contribution in [0.25, 0.3) is 21.9 Å². The number of aliphatic hydroxyl groups is 2. The van der Waals surface area contributed by atoms with E-state index in [1.54, 1.807) is 13.8 Å². The van der Waals surface area contributed by atoms with Crippen molar-refractivity contribution in [3.8, 4) is 0 Å². The number of rotatable bonds is 6. The molecule has 9 heteroatoms. The fourth-order valence-corrected chi connectivity index (χ4v) is 4.96. The van der Waals surface area contributed by atoms with Crippen molar-refractivity contribution in [2.75, 3.05) is 30.3 Å². The summed E-state index contributed by atoms with van der Waals surface area (Å²) < 4.78 is 1.81. The highest BCUT2D eigenvalue weighted by Gasteiger charge is 2.22. The van der Waals surface area contributed by atoms with Crippen molar-refractivity contribution >= 4 is 45.4 Å². The molecule has 4 N–H and O–H groups in total. The van der Waals surface area contributed by atoms with Crippen LogP contribution in [0.15, 0.2) is 18.2 Å². The van der Waals surface area contributed by atoms with Crippen LogP contribution < -0.4 is 5.73 Å². The quantitative estimate of drug-likeness (QED) is 0.533. The minimum absolute atomic E-state index is 0.194. The summed E-state index contributed by atoms with van der Waals surface area (Å²) in [5.41, 5.74) is 8.22. The van der Waals surface area contributed by atoms with Crippen LogP contribution in [0.5, 0.6) is 0 Å². The number of amides is 1. The zero-order valence-corrected chi connectivity index (χ0v) is 18.8. The van der Waals surface area contributed by atoms with Crippen LogP contribution in [0.4, 0.5) is 5.82 Å².